The maximum absolute atomic E-state index is 11.5. The summed E-state index contributed by atoms with van der Waals surface area (Å²) in [4.78, 5) is 14.0. The second kappa shape index (κ2) is 7.67. The monoisotopic (exact) mass is 241 g/mol. The predicted octanol–water partition coefficient (Wildman–Crippen LogP) is 0.962. The normalized spacial score (nSPS) is 23.4. The molecule has 2 atom stereocenters. The van der Waals surface area contributed by atoms with E-state index in [1.54, 1.807) is 0 Å². The molecule has 4 nitrogen and oxygen atoms in total. The fourth-order valence-electron chi connectivity index (χ4n) is 2.50. The summed E-state index contributed by atoms with van der Waals surface area (Å²) >= 11 is 0. The van der Waals surface area contributed by atoms with Crippen LogP contribution in [-0.2, 0) is 4.79 Å². The van der Waals surface area contributed by atoms with E-state index in [0.29, 0.717) is 13.0 Å². The number of hydrogen-bond acceptors (Lipinski definition) is 3. The Kier molecular flexibility index (Phi) is 6.52. The van der Waals surface area contributed by atoms with Gasteiger partial charge < -0.3 is 16.0 Å². The molecule has 1 rings (SSSR count). The SMILES string of the molecule is CC1CCCN(CC(C)NC(=O)CCCN)C1. The van der Waals surface area contributed by atoms with Crippen LogP contribution in [0.1, 0.15) is 39.5 Å². The molecule has 0 saturated carbocycles. The molecular weight excluding hydrogens is 214 g/mol. The molecule has 3 N–H and O–H groups in total. The third kappa shape index (κ3) is 6.03. The van der Waals surface area contributed by atoms with Crippen molar-refractivity contribution in [2.75, 3.05) is 26.2 Å². The van der Waals surface area contributed by atoms with Crippen molar-refractivity contribution in [1.82, 2.24) is 10.2 Å². The topological polar surface area (TPSA) is 58.4 Å². The first-order valence-corrected chi connectivity index (χ1v) is 6.83. The van der Waals surface area contributed by atoms with Crippen LogP contribution in [0.5, 0.6) is 0 Å². The van der Waals surface area contributed by atoms with E-state index in [1.165, 1.54) is 25.9 Å². The minimum absolute atomic E-state index is 0.132. The molecule has 0 radical (unpaired) electrons. The van der Waals surface area contributed by atoms with Crippen molar-refractivity contribution in [1.29, 1.82) is 0 Å². The van der Waals surface area contributed by atoms with Crippen molar-refractivity contribution >= 4 is 5.91 Å². The standard InChI is InChI=1S/C13H27N3O/c1-11-5-4-8-16(9-11)10-12(2)15-13(17)6-3-7-14/h11-12H,3-10,14H2,1-2H3,(H,15,17). The van der Waals surface area contributed by atoms with Crippen molar-refractivity contribution < 1.29 is 4.79 Å². The third-order valence-corrected chi connectivity index (χ3v) is 3.29. The molecule has 1 heterocycles. The predicted molar refractivity (Wildman–Crippen MR) is 70.7 cm³/mol. The van der Waals surface area contributed by atoms with Crippen LogP contribution < -0.4 is 11.1 Å². The molecule has 1 fully saturated rings. The quantitative estimate of drug-likeness (QED) is 0.728. The number of likely N-dealkylation sites (tertiary alicyclic amines) is 1. The molecule has 0 aliphatic carbocycles. The average molecular weight is 241 g/mol. The summed E-state index contributed by atoms with van der Waals surface area (Å²) in [6.45, 7) is 8.29. The number of hydrogen-bond donors (Lipinski definition) is 2. The third-order valence-electron chi connectivity index (χ3n) is 3.29. The van der Waals surface area contributed by atoms with Gasteiger partial charge in [-0.25, -0.2) is 0 Å². The van der Waals surface area contributed by atoms with Crippen LogP contribution in [0.25, 0.3) is 0 Å². The number of nitrogens with one attached hydrogen (secondary N) is 1. The summed E-state index contributed by atoms with van der Waals surface area (Å²) in [5, 5.41) is 3.04. The molecule has 1 aliphatic heterocycles. The van der Waals surface area contributed by atoms with Crippen LogP contribution in [-0.4, -0.2) is 43.0 Å². The molecule has 2 unspecified atom stereocenters. The van der Waals surface area contributed by atoms with Gasteiger partial charge in [0.05, 0.1) is 0 Å². The second-order valence-corrected chi connectivity index (χ2v) is 5.37. The number of nitrogens with two attached hydrogens (primary N) is 1. The van der Waals surface area contributed by atoms with Crippen LogP contribution in [0.3, 0.4) is 0 Å². The maximum Gasteiger partial charge on any atom is 0.220 e. The number of rotatable bonds is 6. The van der Waals surface area contributed by atoms with Gasteiger partial charge in [0.2, 0.25) is 5.91 Å². The molecule has 0 aromatic carbocycles. The van der Waals surface area contributed by atoms with E-state index in [-0.39, 0.29) is 11.9 Å². The van der Waals surface area contributed by atoms with Crippen molar-refractivity contribution in [2.45, 2.75) is 45.6 Å². The van der Waals surface area contributed by atoms with Gasteiger partial charge in [0, 0.05) is 25.6 Å². The molecule has 0 aromatic rings. The van der Waals surface area contributed by atoms with Gasteiger partial charge in [-0.3, -0.25) is 4.79 Å². The van der Waals surface area contributed by atoms with Crippen LogP contribution in [0, 0.1) is 5.92 Å². The van der Waals surface area contributed by atoms with Gasteiger partial charge in [0.15, 0.2) is 0 Å². The lowest BCUT2D eigenvalue weighted by Gasteiger charge is -2.32. The van der Waals surface area contributed by atoms with E-state index in [4.69, 9.17) is 5.73 Å². The highest BCUT2D eigenvalue weighted by atomic mass is 16.1. The number of carbonyl (C=O) groups excluding carboxylic acids is 1. The molecule has 17 heavy (non-hydrogen) atoms. The van der Waals surface area contributed by atoms with Crippen LogP contribution >= 0.6 is 0 Å². The first kappa shape index (κ1) is 14.5. The van der Waals surface area contributed by atoms with E-state index in [0.717, 1.165) is 18.9 Å². The second-order valence-electron chi connectivity index (χ2n) is 5.37. The van der Waals surface area contributed by atoms with Crippen molar-refractivity contribution in [3.05, 3.63) is 0 Å². The zero-order valence-electron chi connectivity index (χ0n) is 11.2. The summed E-state index contributed by atoms with van der Waals surface area (Å²) in [7, 11) is 0. The molecule has 4 heteroatoms. The Hall–Kier alpha value is -0.610. The van der Waals surface area contributed by atoms with E-state index < -0.39 is 0 Å². The highest BCUT2D eigenvalue weighted by molar-refractivity contribution is 5.76. The highest BCUT2D eigenvalue weighted by Gasteiger charge is 2.18. The van der Waals surface area contributed by atoms with Crippen LogP contribution in [0.15, 0.2) is 0 Å². The van der Waals surface area contributed by atoms with E-state index in [2.05, 4.69) is 24.1 Å². The lowest BCUT2D eigenvalue weighted by atomic mass is 10.00. The molecule has 1 amide bonds. The number of amides is 1. The summed E-state index contributed by atoms with van der Waals surface area (Å²) in [5.74, 6) is 0.928. The minimum Gasteiger partial charge on any atom is -0.352 e. The molecular formula is C13H27N3O. The van der Waals surface area contributed by atoms with Crippen LogP contribution in [0.2, 0.25) is 0 Å². The first-order chi connectivity index (χ1) is 8.11. The van der Waals surface area contributed by atoms with Gasteiger partial charge in [-0.2, -0.15) is 0 Å². The maximum atomic E-state index is 11.5. The Morgan fingerprint density at radius 1 is 1.59 bits per heavy atom. The smallest absolute Gasteiger partial charge is 0.220 e. The molecule has 0 aromatic heterocycles. The van der Waals surface area contributed by atoms with Crippen LogP contribution in [0.4, 0.5) is 0 Å². The van der Waals surface area contributed by atoms with Gasteiger partial charge in [-0.15, -0.1) is 0 Å². The Bertz CT molecular complexity index is 233. The summed E-state index contributed by atoms with van der Waals surface area (Å²) < 4.78 is 0. The van der Waals surface area contributed by atoms with Gasteiger partial charge in [0.1, 0.15) is 0 Å². The fourth-order valence-corrected chi connectivity index (χ4v) is 2.50. The Balaban J connectivity index is 2.19. The molecule has 1 saturated heterocycles. The highest BCUT2D eigenvalue weighted by Crippen LogP contribution is 2.15. The number of nitrogens with zero attached hydrogens (tertiary/aromatic N) is 1. The van der Waals surface area contributed by atoms with E-state index in [9.17, 15) is 4.79 Å². The number of piperidine rings is 1. The zero-order valence-corrected chi connectivity index (χ0v) is 11.2. The number of carbonyl (C=O) groups is 1. The lowest BCUT2D eigenvalue weighted by molar-refractivity contribution is -0.121. The van der Waals surface area contributed by atoms with Crippen molar-refractivity contribution in [3.63, 3.8) is 0 Å². The van der Waals surface area contributed by atoms with Crippen molar-refractivity contribution in [3.8, 4) is 0 Å². The fraction of sp³-hybridized carbons (Fsp3) is 0.923. The summed E-state index contributed by atoms with van der Waals surface area (Å²) in [6, 6.07) is 0.241. The first-order valence-electron chi connectivity index (χ1n) is 6.83. The summed E-state index contributed by atoms with van der Waals surface area (Å²) in [5.41, 5.74) is 5.38. The van der Waals surface area contributed by atoms with Gasteiger partial charge in [-0.1, -0.05) is 6.92 Å². The molecule has 0 bridgehead atoms. The lowest BCUT2D eigenvalue weighted by Crippen LogP contribution is -2.45. The Morgan fingerprint density at radius 3 is 3.00 bits per heavy atom. The molecule has 0 spiro atoms. The van der Waals surface area contributed by atoms with E-state index in [1.807, 2.05) is 0 Å². The largest absolute Gasteiger partial charge is 0.352 e. The van der Waals surface area contributed by atoms with Crippen molar-refractivity contribution in [2.24, 2.45) is 11.7 Å². The van der Waals surface area contributed by atoms with Gasteiger partial charge in [-0.05, 0) is 45.2 Å². The Labute approximate surface area is 105 Å². The minimum atomic E-state index is 0.132. The van der Waals surface area contributed by atoms with E-state index >= 15 is 0 Å². The van der Waals surface area contributed by atoms with Gasteiger partial charge >= 0.3 is 0 Å². The molecule has 1 aliphatic rings. The summed E-state index contributed by atoms with van der Waals surface area (Å²) in [6.07, 6.45) is 3.96. The molecule has 100 valence electrons. The zero-order chi connectivity index (χ0) is 12.7. The average Bonchev–Trinajstić information content (AvgIpc) is 2.26. The Morgan fingerprint density at radius 2 is 2.35 bits per heavy atom. The van der Waals surface area contributed by atoms with Gasteiger partial charge in [0.25, 0.3) is 0 Å².